The van der Waals surface area contributed by atoms with Crippen LogP contribution in [0.5, 0.6) is 0 Å². The number of halogens is 1. The van der Waals surface area contributed by atoms with Crippen molar-refractivity contribution in [1.29, 1.82) is 0 Å². The molecule has 5 heteroatoms. The van der Waals surface area contributed by atoms with Gasteiger partial charge in [-0.3, -0.25) is 5.10 Å². The number of aromatic nitrogens is 3. The van der Waals surface area contributed by atoms with Gasteiger partial charge in [0.2, 0.25) is 0 Å². The highest BCUT2D eigenvalue weighted by Gasteiger charge is 2.14. The number of hydrogen-bond acceptors (Lipinski definition) is 3. The molecule has 0 amide bonds. The lowest BCUT2D eigenvalue weighted by Crippen LogP contribution is -2.13. The highest BCUT2D eigenvalue weighted by Crippen LogP contribution is 2.19. The molecule has 3 N–H and O–H groups in total. The first-order valence-electron chi connectivity index (χ1n) is 5.51. The molecule has 0 fully saturated rings. The Morgan fingerprint density at radius 2 is 1.88 bits per heavy atom. The quantitative estimate of drug-likeness (QED) is 0.880. The number of benzene rings is 1. The van der Waals surface area contributed by atoms with Gasteiger partial charge < -0.3 is 5.73 Å². The summed E-state index contributed by atoms with van der Waals surface area (Å²) in [6, 6.07) is 7.12. The summed E-state index contributed by atoms with van der Waals surface area (Å²) in [5.41, 5.74) is 7.06. The number of H-pyrrole nitrogens is 1. The molecule has 0 saturated carbocycles. The average molecular weight is 251 g/mol. The van der Waals surface area contributed by atoms with E-state index in [9.17, 15) is 0 Å². The number of nitrogens with zero attached hydrogens (tertiary/aromatic N) is 2. The highest BCUT2D eigenvalue weighted by molar-refractivity contribution is 6.30. The third kappa shape index (κ3) is 2.65. The first kappa shape index (κ1) is 12.1. The minimum absolute atomic E-state index is 0.289. The van der Waals surface area contributed by atoms with Crippen LogP contribution in [0.3, 0.4) is 0 Å². The zero-order chi connectivity index (χ0) is 12.4. The van der Waals surface area contributed by atoms with Gasteiger partial charge in [0.05, 0.1) is 6.04 Å². The maximum absolute atomic E-state index is 6.10. The van der Waals surface area contributed by atoms with Crippen molar-refractivity contribution in [3.8, 4) is 0 Å². The van der Waals surface area contributed by atoms with Crippen molar-refractivity contribution < 1.29 is 0 Å². The van der Waals surface area contributed by atoms with Gasteiger partial charge in [0, 0.05) is 10.9 Å². The molecule has 0 bridgehead atoms. The Hall–Kier alpha value is -1.39. The maximum atomic E-state index is 6.10. The van der Waals surface area contributed by atoms with Gasteiger partial charge in [-0.25, -0.2) is 4.98 Å². The number of aromatic amines is 1. The lowest BCUT2D eigenvalue weighted by atomic mass is 10.1. The van der Waals surface area contributed by atoms with Gasteiger partial charge in [-0.1, -0.05) is 37.6 Å². The van der Waals surface area contributed by atoms with Crippen molar-refractivity contribution in [2.24, 2.45) is 5.73 Å². The van der Waals surface area contributed by atoms with Crippen molar-refractivity contribution in [2.75, 3.05) is 0 Å². The van der Waals surface area contributed by atoms with E-state index in [1.807, 2.05) is 38.1 Å². The van der Waals surface area contributed by atoms with E-state index >= 15 is 0 Å². The van der Waals surface area contributed by atoms with Crippen LogP contribution in [0.1, 0.15) is 43.0 Å². The molecule has 1 aromatic heterocycles. The molecule has 0 spiro atoms. The van der Waals surface area contributed by atoms with Crippen LogP contribution >= 0.6 is 11.6 Å². The van der Waals surface area contributed by atoms with E-state index in [4.69, 9.17) is 17.3 Å². The van der Waals surface area contributed by atoms with E-state index in [1.165, 1.54) is 0 Å². The fourth-order valence-electron chi connectivity index (χ4n) is 1.51. The lowest BCUT2D eigenvalue weighted by molar-refractivity contribution is 0.773. The number of rotatable bonds is 3. The molecule has 1 heterocycles. The van der Waals surface area contributed by atoms with Crippen LogP contribution in [0.15, 0.2) is 24.3 Å². The summed E-state index contributed by atoms with van der Waals surface area (Å²) < 4.78 is 0. The van der Waals surface area contributed by atoms with Gasteiger partial charge >= 0.3 is 0 Å². The first-order chi connectivity index (χ1) is 8.08. The molecule has 90 valence electrons. The van der Waals surface area contributed by atoms with Crippen LogP contribution in [-0.2, 0) is 0 Å². The van der Waals surface area contributed by atoms with Crippen molar-refractivity contribution in [2.45, 2.75) is 25.8 Å². The van der Waals surface area contributed by atoms with Gasteiger partial charge in [0.1, 0.15) is 5.82 Å². The second-order valence-corrected chi connectivity index (χ2v) is 4.70. The molecule has 0 unspecified atom stereocenters. The molecule has 2 aromatic rings. The Kier molecular flexibility index (Phi) is 3.45. The molecule has 0 aliphatic heterocycles. The van der Waals surface area contributed by atoms with Gasteiger partial charge in [0.15, 0.2) is 5.82 Å². The molecule has 17 heavy (non-hydrogen) atoms. The van der Waals surface area contributed by atoms with Gasteiger partial charge in [-0.15, -0.1) is 0 Å². The Bertz CT molecular complexity index is 489. The van der Waals surface area contributed by atoms with Crippen LogP contribution in [0, 0.1) is 0 Å². The minimum Gasteiger partial charge on any atom is -0.318 e. The molecule has 0 radical (unpaired) electrons. The van der Waals surface area contributed by atoms with Crippen LogP contribution in [0.4, 0.5) is 0 Å². The summed E-state index contributed by atoms with van der Waals surface area (Å²) >= 11 is 5.83. The van der Waals surface area contributed by atoms with Crippen molar-refractivity contribution in [3.05, 3.63) is 46.5 Å². The summed E-state index contributed by atoms with van der Waals surface area (Å²) in [7, 11) is 0. The van der Waals surface area contributed by atoms with Crippen molar-refractivity contribution in [3.63, 3.8) is 0 Å². The second-order valence-electron chi connectivity index (χ2n) is 4.26. The van der Waals surface area contributed by atoms with E-state index in [-0.39, 0.29) is 12.0 Å². The van der Waals surface area contributed by atoms with Gasteiger partial charge in [0.25, 0.3) is 0 Å². The third-order valence-corrected chi connectivity index (χ3v) is 2.81. The molecule has 2 rings (SSSR count). The maximum Gasteiger partial charge on any atom is 0.153 e. The highest BCUT2D eigenvalue weighted by atomic mass is 35.5. The smallest absolute Gasteiger partial charge is 0.153 e. The molecule has 4 nitrogen and oxygen atoms in total. The van der Waals surface area contributed by atoms with Crippen molar-refractivity contribution in [1.82, 2.24) is 15.2 Å². The molecule has 0 saturated heterocycles. The van der Waals surface area contributed by atoms with E-state index < -0.39 is 0 Å². The summed E-state index contributed by atoms with van der Waals surface area (Å²) in [6.45, 7) is 4.08. The Labute approximate surface area is 105 Å². The van der Waals surface area contributed by atoms with E-state index in [0.29, 0.717) is 10.8 Å². The predicted octanol–water partition coefficient (Wildman–Crippen LogP) is 2.63. The van der Waals surface area contributed by atoms with E-state index in [0.717, 1.165) is 11.4 Å². The summed E-state index contributed by atoms with van der Waals surface area (Å²) in [5.74, 6) is 1.75. The van der Waals surface area contributed by atoms with Crippen LogP contribution in [-0.4, -0.2) is 15.2 Å². The SMILES string of the molecule is CC(C)c1n[nH]c([C@H](N)c2ccc(Cl)cc2)n1. The average Bonchev–Trinajstić information content (AvgIpc) is 2.78. The molecule has 0 aliphatic rings. The van der Waals surface area contributed by atoms with Gasteiger partial charge in [-0.05, 0) is 17.7 Å². The molecular formula is C12H15ClN4. The fourth-order valence-corrected chi connectivity index (χ4v) is 1.64. The number of hydrogen-bond donors (Lipinski definition) is 2. The first-order valence-corrected chi connectivity index (χ1v) is 5.89. The Balaban J connectivity index is 2.24. The standard InChI is InChI=1S/C12H15ClN4/c1-7(2)11-15-12(17-16-11)10(14)8-3-5-9(13)6-4-8/h3-7,10H,14H2,1-2H3,(H,15,16,17)/t10-/m1/s1. The largest absolute Gasteiger partial charge is 0.318 e. The number of nitrogens with two attached hydrogens (primary N) is 1. The topological polar surface area (TPSA) is 67.6 Å². The van der Waals surface area contributed by atoms with Gasteiger partial charge in [-0.2, -0.15) is 5.10 Å². The van der Waals surface area contributed by atoms with Crippen LogP contribution in [0.2, 0.25) is 5.02 Å². The fraction of sp³-hybridized carbons (Fsp3) is 0.333. The molecule has 1 aromatic carbocycles. The van der Waals surface area contributed by atoms with Crippen molar-refractivity contribution >= 4 is 11.6 Å². The second kappa shape index (κ2) is 4.85. The predicted molar refractivity (Wildman–Crippen MR) is 68.0 cm³/mol. The lowest BCUT2D eigenvalue weighted by Gasteiger charge is -2.08. The van der Waals surface area contributed by atoms with Crippen LogP contribution < -0.4 is 5.73 Å². The third-order valence-electron chi connectivity index (χ3n) is 2.56. The molecule has 0 aliphatic carbocycles. The molecular weight excluding hydrogens is 236 g/mol. The monoisotopic (exact) mass is 250 g/mol. The number of nitrogens with one attached hydrogen (secondary N) is 1. The van der Waals surface area contributed by atoms with E-state index in [1.54, 1.807) is 0 Å². The summed E-state index contributed by atoms with van der Waals surface area (Å²) in [5, 5.41) is 7.71. The zero-order valence-electron chi connectivity index (χ0n) is 9.81. The summed E-state index contributed by atoms with van der Waals surface area (Å²) in [6.07, 6.45) is 0. The molecule has 1 atom stereocenters. The normalized spacial score (nSPS) is 13.0. The van der Waals surface area contributed by atoms with Crippen LogP contribution in [0.25, 0.3) is 0 Å². The van der Waals surface area contributed by atoms with E-state index in [2.05, 4.69) is 15.2 Å². The Morgan fingerprint density at radius 1 is 1.24 bits per heavy atom. The zero-order valence-corrected chi connectivity index (χ0v) is 10.6. The Morgan fingerprint density at radius 3 is 2.41 bits per heavy atom. The minimum atomic E-state index is -0.299. The summed E-state index contributed by atoms with van der Waals surface area (Å²) in [4.78, 5) is 4.38.